The lowest BCUT2D eigenvalue weighted by atomic mass is 9.87. The molecule has 1 fully saturated rings. The fourth-order valence-electron chi connectivity index (χ4n) is 3.79. The molecule has 1 atom stereocenters. The molecule has 1 heterocycles. The first-order valence-electron chi connectivity index (χ1n) is 9.07. The minimum Gasteiger partial charge on any atom is -0.399 e. The Bertz CT molecular complexity index is 915. The second-order valence-corrected chi connectivity index (χ2v) is 7.33. The minimum absolute atomic E-state index is 0.0453. The molecule has 0 radical (unpaired) electrons. The maximum Gasteiger partial charge on any atom is 0.322 e. The maximum atomic E-state index is 12.9. The third-order valence-electron chi connectivity index (χ3n) is 5.14. The molecule has 4 N–H and O–H groups in total. The largest absolute Gasteiger partial charge is 0.399 e. The SMILES string of the molecule is Nc1ccc2c(c1)CCCC2NC(=O)c1ccc(Cl)c(N2CCNC2=O)c1. The van der Waals surface area contributed by atoms with Gasteiger partial charge in [0.2, 0.25) is 0 Å². The first-order valence-corrected chi connectivity index (χ1v) is 9.45. The van der Waals surface area contributed by atoms with E-state index >= 15 is 0 Å². The average Bonchev–Trinajstić information content (AvgIpc) is 3.07. The minimum atomic E-state index is -0.201. The number of benzene rings is 2. The molecule has 0 spiro atoms. The van der Waals surface area contributed by atoms with Gasteiger partial charge in [-0.3, -0.25) is 9.69 Å². The van der Waals surface area contributed by atoms with Gasteiger partial charge in [-0.15, -0.1) is 0 Å². The highest BCUT2D eigenvalue weighted by Crippen LogP contribution is 2.32. The van der Waals surface area contributed by atoms with E-state index in [0.717, 1.165) is 30.5 Å². The topological polar surface area (TPSA) is 87.5 Å². The lowest BCUT2D eigenvalue weighted by Gasteiger charge is -2.27. The van der Waals surface area contributed by atoms with Crippen molar-refractivity contribution in [2.24, 2.45) is 0 Å². The molecular formula is C20H21ClN4O2. The molecule has 7 heteroatoms. The predicted octanol–water partition coefficient (Wildman–Crippen LogP) is 3.26. The van der Waals surface area contributed by atoms with E-state index in [1.165, 1.54) is 5.56 Å². The molecule has 0 saturated carbocycles. The number of anilines is 2. The van der Waals surface area contributed by atoms with Crippen LogP contribution in [0.2, 0.25) is 5.02 Å². The molecule has 2 aromatic rings. The van der Waals surface area contributed by atoms with Crippen LogP contribution in [0.3, 0.4) is 0 Å². The number of nitrogens with zero attached hydrogens (tertiary/aromatic N) is 1. The summed E-state index contributed by atoms with van der Waals surface area (Å²) in [6, 6.07) is 10.6. The summed E-state index contributed by atoms with van der Waals surface area (Å²) >= 11 is 6.25. The Hall–Kier alpha value is -2.73. The van der Waals surface area contributed by atoms with Crippen LogP contribution >= 0.6 is 11.6 Å². The Morgan fingerprint density at radius 3 is 2.89 bits per heavy atom. The quantitative estimate of drug-likeness (QED) is 0.710. The van der Waals surface area contributed by atoms with Crippen LogP contribution in [0.1, 0.15) is 40.4 Å². The van der Waals surface area contributed by atoms with E-state index in [9.17, 15) is 9.59 Å². The fourth-order valence-corrected chi connectivity index (χ4v) is 4.01. The van der Waals surface area contributed by atoms with Gasteiger partial charge in [-0.25, -0.2) is 4.79 Å². The highest BCUT2D eigenvalue weighted by molar-refractivity contribution is 6.34. The Morgan fingerprint density at radius 2 is 2.11 bits per heavy atom. The van der Waals surface area contributed by atoms with Crippen molar-refractivity contribution in [1.82, 2.24) is 10.6 Å². The number of hydrogen-bond acceptors (Lipinski definition) is 3. The van der Waals surface area contributed by atoms with Gasteiger partial charge in [-0.05, 0) is 60.7 Å². The molecule has 2 aromatic carbocycles. The molecule has 6 nitrogen and oxygen atoms in total. The smallest absolute Gasteiger partial charge is 0.322 e. The number of fused-ring (bicyclic) bond motifs is 1. The van der Waals surface area contributed by atoms with Gasteiger partial charge in [0.15, 0.2) is 0 Å². The van der Waals surface area contributed by atoms with E-state index in [-0.39, 0.29) is 18.0 Å². The number of nitrogens with two attached hydrogens (primary N) is 1. The summed E-state index contributed by atoms with van der Waals surface area (Å²) in [5.74, 6) is -0.179. The molecule has 3 amide bonds. The van der Waals surface area contributed by atoms with Gasteiger partial charge < -0.3 is 16.4 Å². The Balaban J connectivity index is 1.57. The molecule has 0 aromatic heterocycles. The molecule has 0 bridgehead atoms. The van der Waals surface area contributed by atoms with Gasteiger partial charge in [0.05, 0.1) is 16.8 Å². The first-order chi connectivity index (χ1) is 13.0. The predicted molar refractivity (Wildman–Crippen MR) is 106 cm³/mol. The first kappa shape index (κ1) is 17.7. The summed E-state index contributed by atoms with van der Waals surface area (Å²) in [4.78, 5) is 26.3. The standard InChI is InChI=1S/C20H21ClN4O2/c21-16-7-4-13(11-18(16)25-9-8-23-20(25)27)19(26)24-17-3-1-2-12-10-14(22)5-6-15(12)17/h4-7,10-11,17H,1-3,8-9,22H2,(H,23,27)(H,24,26). The number of nitrogen functional groups attached to an aromatic ring is 1. The third-order valence-corrected chi connectivity index (χ3v) is 5.46. The van der Waals surface area contributed by atoms with Crippen molar-refractivity contribution >= 4 is 34.9 Å². The zero-order chi connectivity index (χ0) is 19.0. The van der Waals surface area contributed by atoms with Crippen molar-refractivity contribution in [1.29, 1.82) is 0 Å². The van der Waals surface area contributed by atoms with E-state index in [1.807, 2.05) is 18.2 Å². The molecule has 1 aliphatic carbocycles. The van der Waals surface area contributed by atoms with Crippen LogP contribution in [0.5, 0.6) is 0 Å². The second-order valence-electron chi connectivity index (χ2n) is 6.93. The zero-order valence-corrected chi connectivity index (χ0v) is 15.6. The number of rotatable bonds is 3. The van der Waals surface area contributed by atoms with Crippen LogP contribution in [0.15, 0.2) is 36.4 Å². The van der Waals surface area contributed by atoms with Crippen molar-refractivity contribution in [3.63, 3.8) is 0 Å². The van der Waals surface area contributed by atoms with Gasteiger partial charge in [0.25, 0.3) is 5.91 Å². The van der Waals surface area contributed by atoms with Crippen molar-refractivity contribution in [3.8, 4) is 0 Å². The Morgan fingerprint density at radius 1 is 1.26 bits per heavy atom. The lowest BCUT2D eigenvalue weighted by Crippen LogP contribution is -2.32. The van der Waals surface area contributed by atoms with E-state index in [1.54, 1.807) is 23.1 Å². The number of carbonyl (C=O) groups excluding carboxylic acids is 2. The van der Waals surface area contributed by atoms with Gasteiger partial charge in [-0.1, -0.05) is 17.7 Å². The average molecular weight is 385 g/mol. The van der Waals surface area contributed by atoms with Gasteiger partial charge in [-0.2, -0.15) is 0 Å². The van der Waals surface area contributed by atoms with E-state index in [2.05, 4.69) is 10.6 Å². The number of halogens is 1. The molecule has 27 heavy (non-hydrogen) atoms. The maximum absolute atomic E-state index is 12.9. The van der Waals surface area contributed by atoms with E-state index in [4.69, 9.17) is 17.3 Å². The summed E-state index contributed by atoms with van der Waals surface area (Å²) in [5.41, 5.74) is 9.98. The van der Waals surface area contributed by atoms with Crippen LogP contribution in [0, 0.1) is 0 Å². The lowest BCUT2D eigenvalue weighted by molar-refractivity contribution is 0.0932. The van der Waals surface area contributed by atoms with E-state index < -0.39 is 0 Å². The van der Waals surface area contributed by atoms with Crippen LogP contribution in [-0.2, 0) is 6.42 Å². The second kappa shape index (κ2) is 7.12. The third kappa shape index (κ3) is 3.45. The van der Waals surface area contributed by atoms with E-state index in [0.29, 0.717) is 29.4 Å². The van der Waals surface area contributed by atoms with Crippen molar-refractivity contribution in [3.05, 3.63) is 58.1 Å². The van der Waals surface area contributed by atoms with Crippen molar-refractivity contribution < 1.29 is 9.59 Å². The molecule has 1 aliphatic heterocycles. The summed E-state index contributed by atoms with van der Waals surface area (Å²) in [5, 5.41) is 6.31. The van der Waals surface area contributed by atoms with Crippen LogP contribution in [0.25, 0.3) is 0 Å². The van der Waals surface area contributed by atoms with Crippen LogP contribution < -0.4 is 21.3 Å². The summed E-state index contributed by atoms with van der Waals surface area (Å²) in [6.45, 7) is 1.09. The van der Waals surface area contributed by atoms with Gasteiger partial charge in [0.1, 0.15) is 0 Å². The number of carbonyl (C=O) groups is 2. The summed E-state index contributed by atoms with van der Waals surface area (Å²) in [7, 11) is 0. The number of urea groups is 1. The molecule has 1 unspecified atom stereocenters. The monoisotopic (exact) mass is 384 g/mol. The number of hydrogen-bond donors (Lipinski definition) is 3. The van der Waals surface area contributed by atoms with Crippen molar-refractivity contribution in [2.45, 2.75) is 25.3 Å². The molecule has 1 saturated heterocycles. The highest BCUT2D eigenvalue weighted by atomic mass is 35.5. The molecular weight excluding hydrogens is 364 g/mol. The summed E-state index contributed by atoms with van der Waals surface area (Å²) < 4.78 is 0. The van der Waals surface area contributed by atoms with Gasteiger partial charge in [0, 0.05) is 24.3 Å². The normalized spacial score (nSPS) is 18.8. The Labute approximate surface area is 162 Å². The van der Waals surface area contributed by atoms with Crippen LogP contribution in [-0.4, -0.2) is 25.0 Å². The molecule has 4 rings (SSSR count). The van der Waals surface area contributed by atoms with Crippen LogP contribution in [0.4, 0.5) is 16.2 Å². The molecule has 2 aliphatic rings. The van der Waals surface area contributed by atoms with Crippen molar-refractivity contribution in [2.75, 3.05) is 23.7 Å². The van der Waals surface area contributed by atoms with Gasteiger partial charge >= 0.3 is 6.03 Å². The summed E-state index contributed by atoms with van der Waals surface area (Å²) in [6.07, 6.45) is 2.86. The highest BCUT2D eigenvalue weighted by Gasteiger charge is 2.26. The fraction of sp³-hybridized carbons (Fsp3) is 0.300. The molecule has 140 valence electrons. The number of amides is 3. The number of nitrogens with one attached hydrogen (secondary N) is 2. The number of aryl methyl sites for hydroxylation is 1. The Kier molecular flexibility index (Phi) is 4.66. The zero-order valence-electron chi connectivity index (χ0n) is 14.8.